The fourth-order valence-corrected chi connectivity index (χ4v) is 3.74. The Balaban J connectivity index is 2.15. The molecule has 0 aliphatic carbocycles. The van der Waals surface area contributed by atoms with E-state index in [2.05, 4.69) is 13.8 Å². The average Bonchev–Trinajstić information content (AvgIpc) is 2.35. The predicted molar refractivity (Wildman–Crippen MR) is 87.3 cm³/mol. The number of hydrogen-bond donors (Lipinski definition) is 0. The van der Waals surface area contributed by atoms with Gasteiger partial charge in [0.15, 0.2) is 0 Å². The van der Waals surface area contributed by atoms with Crippen molar-refractivity contribution in [2.45, 2.75) is 52.6 Å². The molecule has 0 N–H and O–H groups in total. The van der Waals surface area contributed by atoms with Crippen molar-refractivity contribution in [1.82, 2.24) is 0 Å². The Labute approximate surface area is 131 Å². The van der Waals surface area contributed by atoms with E-state index in [0.29, 0.717) is 12.5 Å². The number of fused-ring (bicyclic) bond motifs is 1. The molecule has 2 rings (SSSR count). The van der Waals surface area contributed by atoms with Gasteiger partial charge in [0.2, 0.25) is 5.79 Å². The van der Waals surface area contributed by atoms with Gasteiger partial charge in [0, 0.05) is 18.9 Å². The van der Waals surface area contributed by atoms with Crippen LogP contribution in [0.1, 0.15) is 39.2 Å². The molecule has 1 heterocycles. The second kappa shape index (κ2) is 5.88. The van der Waals surface area contributed by atoms with Gasteiger partial charge in [-0.25, -0.2) is 0 Å². The van der Waals surface area contributed by atoms with E-state index in [1.165, 1.54) is 0 Å². The van der Waals surface area contributed by atoms with Crippen LogP contribution in [0.15, 0.2) is 18.2 Å². The molecule has 0 saturated heterocycles. The number of hydrogen-bond acceptors (Lipinski definition) is 2. The SMILES string of the molecule is CC(C)CCC1(C)OCc2cc([Si](C)(Cl)Cl)ccc2O1. The summed E-state index contributed by atoms with van der Waals surface area (Å²) in [5.74, 6) is 1.00. The van der Waals surface area contributed by atoms with E-state index in [-0.39, 0.29) is 0 Å². The van der Waals surface area contributed by atoms with Crippen molar-refractivity contribution in [1.29, 1.82) is 0 Å². The number of benzene rings is 1. The predicted octanol–water partition coefficient (Wildman–Crippen LogP) is 4.50. The van der Waals surface area contributed by atoms with E-state index in [9.17, 15) is 0 Å². The first-order valence-corrected chi connectivity index (χ1v) is 11.6. The lowest BCUT2D eigenvalue weighted by molar-refractivity contribution is -0.198. The molecule has 0 amide bonds. The quantitative estimate of drug-likeness (QED) is 0.596. The van der Waals surface area contributed by atoms with Gasteiger partial charge >= 0.3 is 0 Å². The molecule has 0 saturated carbocycles. The van der Waals surface area contributed by atoms with Crippen LogP contribution in [0.25, 0.3) is 0 Å². The highest BCUT2D eigenvalue weighted by molar-refractivity contribution is 7.50. The highest BCUT2D eigenvalue weighted by Crippen LogP contribution is 2.34. The van der Waals surface area contributed by atoms with Crippen molar-refractivity contribution in [3.63, 3.8) is 0 Å². The first kappa shape index (κ1) is 16.2. The Hall–Kier alpha value is -0.223. The third-order valence-electron chi connectivity index (χ3n) is 3.60. The number of ether oxygens (including phenoxy) is 2. The van der Waals surface area contributed by atoms with Crippen molar-refractivity contribution in [3.8, 4) is 5.75 Å². The zero-order chi connectivity index (χ0) is 15.0. The summed E-state index contributed by atoms with van der Waals surface area (Å²) >= 11 is 12.5. The van der Waals surface area contributed by atoms with Crippen LogP contribution in [0.3, 0.4) is 0 Å². The summed E-state index contributed by atoms with van der Waals surface area (Å²) in [6.45, 7) is 6.55. The summed E-state index contributed by atoms with van der Waals surface area (Å²) in [4.78, 5) is 0. The van der Waals surface area contributed by atoms with E-state index in [1.807, 2.05) is 31.7 Å². The summed E-state index contributed by atoms with van der Waals surface area (Å²) < 4.78 is 12.0. The van der Waals surface area contributed by atoms with Gasteiger partial charge in [-0.1, -0.05) is 26.0 Å². The molecular weight excluding hydrogens is 311 g/mol. The fourth-order valence-electron chi connectivity index (χ4n) is 2.23. The molecule has 0 spiro atoms. The van der Waals surface area contributed by atoms with Crippen molar-refractivity contribution >= 4 is 34.0 Å². The van der Waals surface area contributed by atoms with Crippen LogP contribution < -0.4 is 9.92 Å². The molecule has 20 heavy (non-hydrogen) atoms. The lowest BCUT2D eigenvalue weighted by Crippen LogP contribution is -2.40. The molecule has 0 aromatic heterocycles. The van der Waals surface area contributed by atoms with Crippen LogP contribution in [0.5, 0.6) is 5.75 Å². The lowest BCUT2D eigenvalue weighted by atomic mass is 10.0. The van der Waals surface area contributed by atoms with Crippen molar-refractivity contribution in [2.75, 3.05) is 0 Å². The lowest BCUT2D eigenvalue weighted by Gasteiger charge is -2.36. The Morgan fingerprint density at radius 1 is 1.35 bits per heavy atom. The minimum atomic E-state index is -2.33. The van der Waals surface area contributed by atoms with Crippen LogP contribution in [0.2, 0.25) is 6.55 Å². The maximum Gasteiger partial charge on any atom is 0.277 e. The molecular formula is C15H22Cl2O2Si. The third-order valence-corrected chi connectivity index (χ3v) is 6.24. The van der Waals surface area contributed by atoms with Gasteiger partial charge in [-0.05, 0) is 30.1 Å². The molecule has 1 atom stereocenters. The first-order chi connectivity index (χ1) is 9.20. The normalized spacial score (nSPS) is 22.6. The number of rotatable bonds is 4. The minimum Gasteiger partial charge on any atom is -0.462 e. The Morgan fingerprint density at radius 3 is 2.65 bits per heavy atom. The van der Waals surface area contributed by atoms with E-state index >= 15 is 0 Å². The van der Waals surface area contributed by atoms with Gasteiger partial charge < -0.3 is 9.47 Å². The molecule has 5 heteroatoms. The van der Waals surface area contributed by atoms with Crippen LogP contribution in [-0.4, -0.2) is 12.5 Å². The molecule has 112 valence electrons. The van der Waals surface area contributed by atoms with Gasteiger partial charge in [-0.3, -0.25) is 0 Å². The number of halogens is 2. The van der Waals surface area contributed by atoms with Gasteiger partial charge in [0.25, 0.3) is 6.69 Å². The molecule has 1 aliphatic heterocycles. The Bertz CT molecular complexity index is 485. The Morgan fingerprint density at radius 2 is 2.05 bits per heavy atom. The van der Waals surface area contributed by atoms with Gasteiger partial charge in [0.05, 0.1) is 6.61 Å². The third kappa shape index (κ3) is 3.91. The smallest absolute Gasteiger partial charge is 0.277 e. The summed E-state index contributed by atoms with van der Waals surface area (Å²) in [7, 11) is 0. The highest BCUT2D eigenvalue weighted by atomic mass is 35.7. The summed E-state index contributed by atoms with van der Waals surface area (Å²) in [5.41, 5.74) is 1.03. The van der Waals surface area contributed by atoms with E-state index in [4.69, 9.17) is 31.6 Å². The van der Waals surface area contributed by atoms with Gasteiger partial charge in [-0.15, -0.1) is 22.2 Å². The van der Waals surface area contributed by atoms with Gasteiger partial charge in [-0.2, -0.15) is 0 Å². The monoisotopic (exact) mass is 332 g/mol. The summed E-state index contributed by atoms with van der Waals surface area (Å²) in [6, 6.07) is 5.96. The molecule has 1 aromatic rings. The maximum atomic E-state index is 6.26. The molecule has 0 fully saturated rings. The zero-order valence-corrected chi connectivity index (χ0v) is 15.0. The topological polar surface area (TPSA) is 18.5 Å². The molecule has 0 radical (unpaired) electrons. The van der Waals surface area contributed by atoms with Crippen molar-refractivity contribution < 1.29 is 9.47 Å². The van der Waals surface area contributed by atoms with E-state index < -0.39 is 12.5 Å². The summed E-state index contributed by atoms with van der Waals surface area (Å²) in [5, 5.41) is 0.998. The van der Waals surface area contributed by atoms with E-state index in [0.717, 1.165) is 29.3 Å². The molecule has 1 aromatic carbocycles. The zero-order valence-electron chi connectivity index (χ0n) is 12.5. The van der Waals surface area contributed by atoms with Crippen molar-refractivity contribution in [3.05, 3.63) is 23.8 Å². The Kier molecular flexibility index (Phi) is 4.75. The van der Waals surface area contributed by atoms with Crippen molar-refractivity contribution in [2.24, 2.45) is 5.92 Å². The van der Waals surface area contributed by atoms with Gasteiger partial charge in [0.1, 0.15) is 5.75 Å². The minimum absolute atomic E-state index is 0.526. The standard InChI is InChI=1S/C15H22Cl2O2Si/c1-11(2)7-8-15(3)18-10-12-9-13(20(4,16)17)5-6-14(12)19-15/h5-6,9,11H,7-8,10H2,1-4H3. The second-order valence-corrected chi connectivity index (χ2v) is 13.6. The summed E-state index contributed by atoms with van der Waals surface area (Å²) in [6.07, 6.45) is 1.97. The van der Waals surface area contributed by atoms with Crippen LogP contribution in [-0.2, 0) is 11.3 Å². The molecule has 2 nitrogen and oxygen atoms in total. The molecule has 0 bridgehead atoms. The first-order valence-electron chi connectivity index (χ1n) is 7.04. The van der Waals surface area contributed by atoms with Crippen LogP contribution in [0.4, 0.5) is 0 Å². The van der Waals surface area contributed by atoms with E-state index in [1.54, 1.807) is 0 Å². The average molecular weight is 333 g/mol. The van der Waals surface area contributed by atoms with Crippen LogP contribution >= 0.6 is 22.2 Å². The largest absolute Gasteiger partial charge is 0.462 e. The maximum absolute atomic E-state index is 6.26. The second-order valence-electron chi connectivity index (χ2n) is 6.17. The molecule has 1 unspecified atom stereocenters. The fraction of sp³-hybridized carbons (Fsp3) is 0.600. The van der Waals surface area contributed by atoms with Crippen LogP contribution in [0, 0.1) is 5.92 Å². The highest BCUT2D eigenvalue weighted by Gasteiger charge is 2.34. The molecule has 1 aliphatic rings.